The second-order valence-electron chi connectivity index (χ2n) is 3.20. The van der Waals surface area contributed by atoms with Gasteiger partial charge < -0.3 is 0 Å². The Morgan fingerprint density at radius 1 is 1.15 bits per heavy atom. The van der Waals surface area contributed by atoms with E-state index in [1.165, 1.54) is 0 Å². The molecule has 0 aromatic heterocycles. The van der Waals surface area contributed by atoms with E-state index in [0.717, 1.165) is 10.6 Å². The summed E-state index contributed by atoms with van der Waals surface area (Å²) < 4.78 is 0. The summed E-state index contributed by atoms with van der Waals surface area (Å²) in [5.74, 6) is 0. The summed E-state index contributed by atoms with van der Waals surface area (Å²) in [5, 5.41) is 0.749. The van der Waals surface area contributed by atoms with Gasteiger partial charge in [-0.05, 0) is 24.6 Å². The lowest BCUT2D eigenvalue weighted by Gasteiger charge is -2.21. The van der Waals surface area contributed by atoms with Crippen molar-refractivity contribution in [1.29, 1.82) is 0 Å². The zero-order valence-corrected chi connectivity index (χ0v) is 8.51. The molecule has 0 aliphatic heterocycles. The van der Waals surface area contributed by atoms with Gasteiger partial charge in [-0.2, -0.15) is 0 Å². The maximum Gasteiger partial charge on any atom is 0.0406 e. The first-order valence-electron chi connectivity index (χ1n) is 4.15. The van der Waals surface area contributed by atoms with Crippen molar-refractivity contribution in [3.63, 3.8) is 0 Å². The highest BCUT2D eigenvalue weighted by Crippen LogP contribution is 2.26. The average molecular weight is 193 g/mol. The molecular formula is C12H13Cl. The number of halogens is 1. The summed E-state index contributed by atoms with van der Waals surface area (Å²) in [5.41, 5.74) is 0.992. The van der Waals surface area contributed by atoms with E-state index in [9.17, 15) is 0 Å². The van der Waals surface area contributed by atoms with Crippen LogP contribution in [0, 0.1) is 0 Å². The minimum atomic E-state index is -0.162. The standard InChI is InChI=1S/C12H13Cl/c1-4-12(3,5-2)10-6-8-11(13)9-7-10/h4-9H,1-2H2,3H3. The fourth-order valence-electron chi connectivity index (χ4n) is 1.13. The molecular weight excluding hydrogens is 180 g/mol. The fraction of sp³-hybridized carbons (Fsp3) is 0.167. The van der Waals surface area contributed by atoms with E-state index in [2.05, 4.69) is 20.1 Å². The van der Waals surface area contributed by atoms with E-state index >= 15 is 0 Å². The summed E-state index contributed by atoms with van der Waals surface area (Å²) in [6, 6.07) is 7.74. The van der Waals surface area contributed by atoms with E-state index in [1.54, 1.807) is 0 Å². The van der Waals surface area contributed by atoms with Crippen molar-refractivity contribution in [2.24, 2.45) is 0 Å². The molecule has 13 heavy (non-hydrogen) atoms. The van der Waals surface area contributed by atoms with Gasteiger partial charge in [0.25, 0.3) is 0 Å². The molecule has 1 heteroatoms. The molecule has 1 aromatic rings. The van der Waals surface area contributed by atoms with E-state index in [4.69, 9.17) is 11.6 Å². The van der Waals surface area contributed by atoms with Crippen LogP contribution in [-0.4, -0.2) is 0 Å². The van der Waals surface area contributed by atoms with Crippen molar-refractivity contribution in [2.75, 3.05) is 0 Å². The summed E-state index contributed by atoms with van der Waals surface area (Å²) in [6.07, 6.45) is 3.76. The molecule has 0 amide bonds. The predicted octanol–water partition coefficient (Wildman–Crippen LogP) is 3.97. The number of benzene rings is 1. The quantitative estimate of drug-likeness (QED) is 0.636. The Labute approximate surface area is 84.5 Å². The van der Waals surface area contributed by atoms with Crippen molar-refractivity contribution < 1.29 is 0 Å². The maximum atomic E-state index is 5.80. The van der Waals surface area contributed by atoms with E-state index < -0.39 is 0 Å². The monoisotopic (exact) mass is 192 g/mol. The van der Waals surface area contributed by atoms with Crippen LogP contribution in [0.3, 0.4) is 0 Å². The Morgan fingerprint density at radius 2 is 1.62 bits per heavy atom. The molecule has 68 valence electrons. The second kappa shape index (κ2) is 3.80. The summed E-state index contributed by atoms with van der Waals surface area (Å²) >= 11 is 5.80. The number of allylic oxidation sites excluding steroid dienone is 2. The van der Waals surface area contributed by atoms with Crippen LogP contribution in [0.1, 0.15) is 12.5 Å². The highest BCUT2D eigenvalue weighted by Gasteiger charge is 2.17. The van der Waals surface area contributed by atoms with Gasteiger partial charge in [0, 0.05) is 10.4 Å². The summed E-state index contributed by atoms with van der Waals surface area (Å²) in [4.78, 5) is 0. The molecule has 0 aliphatic rings. The van der Waals surface area contributed by atoms with Crippen molar-refractivity contribution in [2.45, 2.75) is 12.3 Å². The minimum Gasteiger partial charge on any atom is -0.102 e. The van der Waals surface area contributed by atoms with Crippen LogP contribution in [0.25, 0.3) is 0 Å². The van der Waals surface area contributed by atoms with Gasteiger partial charge >= 0.3 is 0 Å². The highest BCUT2D eigenvalue weighted by molar-refractivity contribution is 6.30. The average Bonchev–Trinajstić information content (AvgIpc) is 2.18. The van der Waals surface area contributed by atoms with E-state index in [0.29, 0.717) is 0 Å². The van der Waals surface area contributed by atoms with Crippen LogP contribution in [0.15, 0.2) is 49.6 Å². The molecule has 1 aromatic carbocycles. The lowest BCUT2D eigenvalue weighted by Crippen LogP contribution is -2.14. The molecule has 0 aliphatic carbocycles. The van der Waals surface area contributed by atoms with E-state index in [-0.39, 0.29) is 5.41 Å². The van der Waals surface area contributed by atoms with Crippen molar-refractivity contribution in [1.82, 2.24) is 0 Å². The smallest absolute Gasteiger partial charge is 0.0406 e. The van der Waals surface area contributed by atoms with Gasteiger partial charge in [-0.15, -0.1) is 13.2 Å². The predicted molar refractivity (Wildman–Crippen MR) is 59.2 cm³/mol. The van der Waals surface area contributed by atoms with Crippen LogP contribution in [0.5, 0.6) is 0 Å². The number of rotatable bonds is 3. The molecule has 1 rings (SSSR count). The van der Waals surface area contributed by atoms with Crippen LogP contribution in [0.4, 0.5) is 0 Å². The zero-order chi connectivity index (χ0) is 9.90. The normalized spacial score (nSPS) is 10.9. The molecule has 0 nitrogen and oxygen atoms in total. The van der Waals surface area contributed by atoms with Crippen LogP contribution in [-0.2, 0) is 5.41 Å². The Hall–Kier alpha value is -1.01. The second-order valence-corrected chi connectivity index (χ2v) is 3.63. The minimum absolute atomic E-state index is 0.162. The van der Waals surface area contributed by atoms with Gasteiger partial charge in [0.05, 0.1) is 0 Å². The van der Waals surface area contributed by atoms with Crippen LogP contribution >= 0.6 is 11.6 Å². The molecule has 0 spiro atoms. The Kier molecular flexibility index (Phi) is 2.94. The van der Waals surface area contributed by atoms with Crippen LogP contribution in [0.2, 0.25) is 5.02 Å². The lowest BCUT2D eigenvalue weighted by atomic mass is 9.83. The Morgan fingerprint density at radius 3 is 2.00 bits per heavy atom. The topological polar surface area (TPSA) is 0 Å². The molecule has 0 N–H and O–H groups in total. The molecule has 0 saturated carbocycles. The highest BCUT2D eigenvalue weighted by atomic mass is 35.5. The first-order chi connectivity index (χ1) is 6.12. The van der Waals surface area contributed by atoms with Gasteiger partial charge in [0.15, 0.2) is 0 Å². The first kappa shape index (κ1) is 10.1. The Bertz CT molecular complexity index is 300. The van der Waals surface area contributed by atoms with Crippen LogP contribution < -0.4 is 0 Å². The SMILES string of the molecule is C=CC(C)(C=C)c1ccc(Cl)cc1. The molecule has 0 atom stereocenters. The van der Waals surface area contributed by atoms with Gasteiger partial charge in [0.2, 0.25) is 0 Å². The molecule has 0 heterocycles. The zero-order valence-electron chi connectivity index (χ0n) is 7.76. The fourth-order valence-corrected chi connectivity index (χ4v) is 1.25. The first-order valence-corrected chi connectivity index (χ1v) is 4.53. The summed E-state index contributed by atoms with van der Waals surface area (Å²) in [6.45, 7) is 9.66. The van der Waals surface area contributed by atoms with Gasteiger partial charge in [-0.3, -0.25) is 0 Å². The molecule has 0 bridgehead atoms. The molecule has 0 unspecified atom stereocenters. The lowest BCUT2D eigenvalue weighted by molar-refractivity contribution is 0.762. The molecule has 0 radical (unpaired) electrons. The Balaban J connectivity index is 3.13. The van der Waals surface area contributed by atoms with Crippen molar-refractivity contribution in [3.8, 4) is 0 Å². The van der Waals surface area contributed by atoms with Gasteiger partial charge in [0.1, 0.15) is 0 Å². The van der Waals surface area contributed by atoms with Crippen molar-refractivity contribution in [3.05, 3.63) is 60.2 Å². The van der Waals surface area contributed by atoms with Gasteiger partial charge in [-0.25, -0.2) is 0 Å². The maximum absolute atomic E-state index is 5.80. The molecule has 0 saturated heterocycles. The summed E-state index contributed by atoms with van der Waals surface area (Å²) in [7, 11) is 0. The number of hydrogen-bond donors (Lipinski definition) is 0. The third-order valence-corrected chi connectivity index (χ3v) is 2.57. The molecule has 0 fully saturated rings. The third-order valence-electron chi connectivity index (χ3n) is 2.31. The van der Waals surface area contributed by atoms with Gasteiger partial charge in [-0.1, -0.05) is 35.9 Å². The largest absolute Gasteiger partial charge is 0.102 e. The third kappa shape index (κ3) is 2.02. The van der Waals surface area contributed by atoms with E-state index in [1.807, 2.05) is 36.4 Å². The number of hydrogen-bond acceptors (Lipinski definition) is 0. The van der Waals surface area contributed by atoms with Crippen molar-refractivity contribution >= 4 is 11.6 Å².